The number of terminal acetylenes is 1. The fraction of sp³-hybridized carbons (Fsp3) is 0.231. The average molecular weight is 246 g/mol. The molecule has 0 aliphatic rings. The molecule has 0 bridgehead atoms. The van der Waals surface area contributed by atoms with Crippen LogP contribution in [0.25, 0.3) is 0 Å². The van der Waals surface area contributed by atoms with Gasteiger partial charge in [0, 0.05) is 18.2 Å². The first-order chi connectivity index (χ1) is 8.60. The van der Waals surface area contributed by atoms with Crippen molar-refractivity contribution in [3.63, 3.8) is 0 Å². The standard InChI is InChI=1S/C13H14N2O3/c1-4-10-5-7-11(8-6-10)12(16)15(3)13(17)18-9-14-2/h1,5-8,14H,9H2,2-3H3. The summed E-state index contributed by atoms with van der Waals surface area (Å²) >= 11 is 0. The molecule has 0 heterocycles. The highest BCUT2D eigenvalue weighted by Crippen LogP contribution is 2.07. The Kier molecular flexibility index (Phi) is 4.90. The zero-order valence-corrected chi connectivity index (χ0v) is 10.3. The highest BCUT2D eigenvalue weighted by atomic mass is 16.6. The molecule has 1 rings (SSSR count). The van der Waals surface area contributed by atoms with Crippen LogP contribution in [0.2, 0.25) is 0 Å². The van der Waals surface area contributed by atoms with E-state index >= 15 is 0 Å². The molecule has 0 unspecified atom stereocenters. The first-order valence-electron chi connectivity index (χ1n) is 5.26. The Bertz CT molecular complexity index is 474. The normalized spacial score (nSPS) is 9.39. The van der Waals surface area contributed by atoms with E-state index in [1.54, 1.807) is 31.3 Å². The molecule has 18 heavy (non-hydrogen) atoms. The van der Waals surface area contributed by atoms with Crippen LogP contribution >= 0.6 is 0 Å². The number of carbonyl (C=O) groups excluding carboxylic acids is 2. The third kappa shape index (κ3) is 3.34. The number of nitrogens with zero attached hydrogens (tertiary/aromatic N) is 1. The quantitative estimate of drug-likeness (QED) is 0.640. The fourth-order valence-electron chi connectivity index (χ4n) is 1.22. The largest absolute Gasteiger partial charge is 0.433 e. The van der Waals surface area contributed by atoms with Crippen LogP contribution in [-0.2, 0) is 4.74 Å². The van der Waals surface area contributed by atoms with Crippen LogP contribution < -0.4 is 5.32 Å². The van der Waals surface area contributed by atoms with Gasteiger partial charge in [0.2, 0.25) is 0 Å². The monoisotopic (exact) mass is 246 g/mol. The van der Waals surface area contributed by atoms with Gasteiger partial charge < -0.3 is 4.74 Å². The van der Waals surface area contributed by atoms with Gasteiger partial charge in [-0.1, -0.05) is 5.92 Å². The Labute approximate surface area is 106 Å². The van der Waals surface area contributed by atoms with E-state index in [2.05, 4.69) is 11.2 Å². The summed E-state index contributed by atoms with van der Waals surface area (Å²) in [6, 6.07) is 6.42. The number of amides is 2. The molecule has 94 valence electrons. The minimum Gasteiger partial charge on any atom is -0.433 e. The third-order valence-corrected chi connectivity index (χ3v) is 2.22. The molecule has 1 aromatic carbocycles. The highest BCUT2D eigenvalue weighted by molar-refractivity contribution is 6.02. The second-order valence-corrected chi connectivity index (χ2v) is 3.49. The Hall–Kier alpha value is -2.32. The number of benzene rings is 1. The van der Waals surface area contributed by atoms with Crippen molar-refractivity contribution in [2.45, 2.75) is 0 Å². The molecule has 0 aliphatic carbocycles. The molecule has 0 aromatic heterocycles. The Balaban J connectivity index is 2.74. The lowest BCUT2D eigenvalue weighted by molar-refractivity contribution is 0.0696. The number of rotatable bonds is 3. The minimum absolute atomic E-state index is 0.0481. The van der Waals surface area contributed by atoms with Gasteiger partial charge in [-0.25, -0.2) is 9.69 Å². The van der Waals surface area contributed by atoms with Crippen LogP contribution in [-0.4, -0.2) is 37.7 Å². The van der Waals surface area contributed by atoms with E-state index in [-0.39, 0.29) is 6.73 Å². The Morgan fingerprint density at radius 2 is 2.00 bits per heavy atom. The van der Waals surface area contributed by atoms with Crippen LogP contribution in [0.1, 0.15) is 15.9 Å². The number of nitrogens with one attached hydrogen (secondary N) is 1. The van der Waals surface area contributed by atoms with Gasteiger partial charge in [-0.15, -0.1) is 6.42 Å². The van der Waals surface area contributed by atoms with Crippen molar-refractivity contribution in [2.24, 2.45) is 0 Å². The van der Waals surface area contributed by atoms with E-state index < -0.39 is 12.0 Å². The molecule has 2 amide bonds. The van der Waals surface area contributed by atoms with Crippen LogP contribution in [0, 0.1) is 12.3 Å². The van der Waals surface area contributed by atoms with Crippen LogP contribution in [0.5, 0.6) is 0 Å². The first-order valence-corrected chi connectivity index (χ1v) is 5.26. The van der Waals surface area contributed by atoms with E-state index in [1.807, 2.05) is 0 Å². The molecule has 0 saturated heterocycles. The van der Waals surface area contributed by atoms with Crippen molar-refractivity contribution in [3.05, 3.63) is 35.4 Å². The number of ether oxygens (including phenoxy) is 1. The Morgan fingerprint density at radius 3 is 2.50 bits per heavy atom. The lowest BCUT2D eigenvalue weighted by atomic mass is 10.1. The molecule has 5 nitrogen and oxygen atoms in total. The fourth-order valence-corrected chi connectivity index (χ4v) is 1.22. The molecule has 0 spiro atoms. The average Bonchev–Trinajstić information content (AvgIpc) is 2.43. The maximum Gasteiger partial charge on any atom is 0.417 e. The van der Waals surface area contributed by atoms with Crippen molar-refractivity contribution in [2.75, 3.05) is 20.8 Å². The lowest BCUT2D eigenvalue weighted by Gasteiger charge is -2.15. The smallest absolute Gasteiger partial charge is 0.417 e. The molecular weight excluding hydrogens is 232 g/mol. The summed E-state index contributed by atoms with van der Waals surface area (Å²) in [6.45, 7) is 0.0481. The van der Waals surface area contributed by atoms with Gasteiger partial charge in [-0.2, -0.15) is 0 Å². The zero-order valence-electron chi connectivity index (χ0n) is 10.3. The summed E-state index contributed by atoms with van der Waals surface area (Å²) in [5, 5.41) is 2.64. The van der Waals surface area contributed by atoms with Crippen LogP contribution in [0.4, 0.5) is 4.79 Å². The molecule has 1 N–H and O–H groups in total. The number of hydrogen-bond acceptors (Lipinski definition) is 4. The third-order valence-electron chi connectivity index (χ3n) is 2.22. The molecule has 0 aliphatic heterocycles. The number of imide groups is 1. The van der Waals surface area contributed by atoms with E-state index in [1.165, 1.54) is 7.05 Å². The van der Waals surface area contributed by atoms with Crippen molar-refractivity contribution < 1.29 is 14.3 Å². The second kappa shape index (κ2) is 6.42. The summed E-state index contributed by atoms with van der Waals surface area (Å²) in [7, 11) is 2.99. The molecule has 0 fully saturated rings. The molecule has 1 aromatic rings. The summed E-state index contributed by atoms with van der Waals surface area (Å²) in [5.41, 5.74) is 1.05. The summed E-state index contributed by atoms with van der Waals surface area (Å²) < 4.78 is 4.76. The highest BCUT2D eigenvalue weighted by Gasteiger charge is 2.19. The molecule has 0 saturated carbocycles. The molecule has 0 atom stereocenters. The maximum absolute atomic E-state index is 11.9. The van der Waals surface area contributed by atoms with Crippen LogP contribution in [0.15, 0.2) is 24.3 Å². The summed E-state index contributed by atoms with van der Waals surface area (Å²) in [4.78, 5) is 24.3. The topological polar surface area (TPSA) is 58.6 Å². The zero-order chi connectivity index (χ0) is 13.5. The SMILES string of the molecule is C#Cc1ccc(C(=O)N(C)C(=O)OCNC)cc1. The minimum atomic E-state index is -0.713. The van der Waals surface area contributed by atoms with Gasteiger partial charge in [-0.3, -0.25) is 10.1 Å². The van der Waals surface area contributed by atoms with E-state index in [0.29, 0.717) is 11.1 Å². The Morgan fingerprint density at radius 1 is 1.39 bits per heavy atom. The summed E-state index contributed by atoms with van der Waals surface area (Å²) in [5.74, 6) is 2.00. The van der Waals surface area contributed by atoms with Gasteiger partial charge in [0.15, 0.2) is 0 Å². The van der Waals surface area contributed by atoms with Crippen molar-refractivity contribution >= 4 is 12.0 Å². The second-order valence-electron chi connectivity index (χ2n) is 3.49. The predicted octanol–water partition coefficient (Wildman–Crippen LogP) is 1.05. The molecular formula is C13H14N2O3. The molecule has 5 heteroatoms. The predicted molar refractivity (Wildman–Crippen MR) is 66.9 cm³/mol. The summed E-state index contributed by atoms with van der Waals surface area (Å²) in [6.07, 6.45) is 4.50. The first kappa shape index (κ1) is 13.7. The van der Waals surface area contributed by atoms with Gasteiger partial charge in [0.1, 0.15) is 6.73 Å². The van der Waals surface area contributed by atoms with E-state index in [9.17, 15) is 9.59 Å². The lowest BCUT2D eigenvalue weighted by Crippen LogP contribution is -2.35. The van der Waals surface area contributed by atoms with Crippen molar-refractivity contribution in [1.82, 2.24) is 10.2 Å². The van der Waals surface area contributed by atoms with Crippen LogP contribution in [0.3, 0.4) is 0 Å². The van der Waals surface area contributed by atoms with Gasteiger partial charge in [0.05, 0.1) is 0 Å². The number of hydrogen-bond donors (Lipinski definition) is 1. The maximum atomic E-state index is 11.9. The van der Waals surface area contributed by atoms with E-state index in [0.717, 1.165) is 4.90 Å². The van der Waals surface area contributed by atoms with Gasteiger partial charge in [-0.05, 0) is 31.3 Å². The molecule has 0 radical (unpaired) electrons. The van der Waals surface area contributed by atoms with Gasteiger partial charge in [0.25, 0.3) is 5.91 Å². The van der Waals surface area contributed by atoms with Crippen molar-refractivity contribution in [1.29, 1.82) is 0 Å². The van der Waals surface area contributed by atoms with E-state index in [4.69, 9.17) is 11.2 Å². The van der Waals surface area contributed by atoms with Gasteiger partial charge >= 0.3 is 6.09 Å². The van der Waals surface area contributed by atoms with Crippen molar-refractivity contribution in [3.8, 4) is 12.3 Å². The number of carbonyl (C=O) groups is 2.